The van der Waals surface area contributed by atoms with Gasteiger partial charge in [-0.2, -0.15) is 0 Å². The van der Waals surface area contributed by atoms with Crippen LogP contribution in [0.4, 0.5) is 4.79 Å². The number of methoxy groups -OCH3 is 1. The number of carboxylic acids is 1. The van der Waals surface area contributed by atoms with Gasteiger partial charge in [0.05, 0.1) is 40.1 Å². The van der Waals surface area contributed by atoms with E-state index in [0.29, 0.717) is 0 Å². The first-order valence-electron chi connectivity index (χ1n) is 16.1. The number of rotatable bonds is 17. The van der Waals surface area contributed by atoms with Crippen LogP contribution in [0, 0.1) is 0 Å². The van der Waals surface area contributed by atoms with Crippen LogP contribution < -0.4 is 15.4 Å². The van der Waals surface area contributed by atoms with E-state index >= 15 is 0 Å². The number of aliphatic carboxylic acids is 1. The lowest BCUT2D eigenvalue weighted by atomic mass is 9.97. The highest BCUT2D eigenvalue weighted by molar-refractivity contribution is 5.79. The average molecular weight is 671 g/mol. The third-order valence-electron chi connectivity index (χ3n) is 7.87. The van der Waals surface area contributed by atoms with E-state index < -0.39 is 49.2 Å². The van der Waals surface area contributed by atoms with Crippen molar-refractivity contribution in [2.45, 2.75) is 57.1 Å². The number of carbonyl (C=O) groups is 2. The van der Waals surface area contributed by atoms with E-state index in [-0.39, 0.29) is 33.0 Å². The molecule has 1 fully saturated rings. The first kappa shape index (κ1) is 35.5. The highest BCUT2D eigenvalue weighted by Gasteiger charge is 2.49. The highest BCUT2D eigenvalue weighted by Crippen LogP contribution is 2.30. The van der Waals surface area contributed by atoms with E-state index in [1.165, 1.54) is 0 Å². The van der Waals surface area contributed by atoms with Gasteiger partial charge in [0.2, 0.25) is 0 Å². The second kappa shape index (κ2) is 18.7. The van der Waals surface area contributed by atoms with E-state index in [1.54, 1.807) is 7.11 Å². The molecule has 11 nitrogen and oxygen atoms in total. The Hall–Kier alpha value is -4.78. The molecule has 5 rings (SSSR count). The maximum Gasteiger partial charge on any atom is 0.323 e. The Morgan fingerprint density at radius 2 is 1.14 bits per heavy atom. The van der Waals surface area contributed by atoms with E-state index in [4.69, 9.17) is 33.5 Å². The highest BCUT2D eigenvalue weighted by atomic mass is 16.6. The molecule has 258 valence electrons. The van der Waals surface area contributed by atoms with Crippen molar-refractivity contribution in [2.24, 2.45) is 0 Å². The average Bonchev–Trinajstić information content (AvgIpc) is 3.13. The monoisotopic (exact) mass is 670 g/mol. The van der Waals surface area contributed by atoms with Crippen molar-refractivity contribution >= 4 is 12.0 Å². The predicted molar refractivity (Wildman–Crippen MR) is 181 cm³/mol. The molecular weight excluding hydrogens is 628 g/mol. The van der Waals surface area contributed by atoms with Gasteiger partial charge in [-0.3, -0.25) is 4.79 Å². The van der Waals surface area contributed by atoms with Crippen molar-refractivity contribution in [1.29, 1.82) is 0 Å². The molecule has 5 atom stereocenters. The van der Waals surface area contributed by atoms with Gasteiger partial charge in [-0.05, 0) is 34.4 Å². The van der Waals surface area contributed by atoms with Gasteiger partial charge in [-0.15, -0.1) is 0 Å². The number of benzene rings is 4. The zero-order valence-corrected chi connectivity index (χ0v) is 27.3. The molecule has 0 spiro atoms. The number of carbonyl (C=O) groups excluding carboxylic acids is 1. The van der Waals surface area contributed by atoms with Gasteiger partial charge in [0.25, 0.3) is 0 Å². The summed E-state index contributed by atoms with van der Waals surface area (Å²) in [6, 6.07) is 35.9. The van der Waals surface area contributed by atoms with Gasteiger partial charge in [0.1, 0.15) is 36.7 Å². The number of urea groups is 1. The van der Waals surface area contributed by atoms with Crippen molar-refractivity contribution in [3.8, 4) is 5.75 Å². The molecule has 1 aliphatic heterocycles. The number of nitrogens with one attached hydrogen (secondary N) is 2. The minimum Gasteiger partial charge on any atom is -0.497 e. The van der Waals surface area contributed by atoms with E-state index in [2.05, 4.69) is 10.6 Å². The van der Waals surface area contributed by atoms with Crippen LogP contribution in [-0.2, 0) is 54.9 Å². The summed E-state index contributed by atoms with van der Waals surface area (Å²) in [5.41, 5.74) is 3.73. The van der Waals surface area contributed by atoms with Gasteiger partial charge in [-0.25, -0.2) is 4.79 Å². The van der Waals surface area contributed by atoms with E-state index in [1.807, 2.05) is 115 Å². The third-order valence-corrected chi connectivity index (χ3v) is 7.87. The van der Waals surface area contributed by atoms with Crippen LogP contribution in [0.1, 0.15) is 22.3 Å². The van der Waals surface area contributed by atoms with Crippen molar-refractivity contribution in [1.82, 2.24) is 10.6 Å². The summed E-state index contributed by atoms with van der Waals surface area (Å²) < 4.78 is 37.7. The van der Waals surface area contributed by atoms with Crippen LogP contribution in [0.25, 0.3) is 0 Å². The molecule has 1 saturated heterocycles. The molecule has 2 amide bonds. The number of carboxylic acid groups (broad SMARTS) is 1. The predicted octanol–water partition coefficient (Wildman–Crippen LogP) is 5.08. The Kier molecular flexibility index (Phi) is 13.5. The Labute approximate surface area is 286 Å². The lowest BCUT2D eigenvalue weighted by molar-refractivity contribution is -0.275. The van der Waals surface area contributed by atoms with Crippen molar-refractivity contribution in [2.75, 3.05) is 20.3 Å². The maximum atomic E-state index is 12.9. The first-order chi connectivity index (χ1) is 24.0. The van der Waals surface area contributed by atoms with Gasteiger partial charge in [0, 0.05) is 0 Å². The Bertz CT molecular complexity index is 1560. The number of ether oxygens (including phenoxy) is 6. The molecule has 0 unspecified atom stereocenters. The van der Waals surface area contributed by atoms with Crippen LogP contribution in [-0.4, -0.2) is 68.0 Å². The van der Waals surface area contributed by atoms with E-state index in [9.17, 15) is 9.59 Å². The summed E-state index contributed by atoms with van der Waals surface area (Å²) in [5, 5.41) is 14.3. The summed E-state index contributed by atoms with van der Waals surface area (Å²) in [6.45, 7) is 0.502. The Morgan fingerprint density at radius 3 is 1.65 bits per heavy atom. The fraction of sp³-hybridized carbons (Fsp3) is 0.316. The standard InChI is InChI=1S/C38H42N2O9/c1-44-31-19-17-30(18-20-31)22-45-26-32-34(46-23-27-11-5-2-6-12-27)35(47-24-28-13-7-3-8-14-28)36(48-25-29-15-9-4-10-16-29)37(49-32)40-38(43)39-21-33(41)42/h2-20,32,34-37H,21-26H2,1H3,(H,41,42)(H2,39,40,43)/t32-,34-,35+,36-,37-/m1/s1. The van der Waals surface area contributed by atoms with Crippen LogP contribution in [0.5, 0.6) is 5.75 Å². The molecule has 49 heavy (non-hydrogen) atoms. The van der Waals surface area contributed by atoms with Gasteiger partial charge in [-0.1, -0.05) is 103 Å². The van der Waals surface area contributed by atoms with Gasteiger partial charge < -0.3 is 44.2 Å². The molecule has 1 aliphatic rings. The summed E-state index contributed by atoms with van der Waals surface area (Å²) in [7, 11) is 1.61. The SMILES string of the molecule is COc1ccc(COC[C@H]2O[C@@H](NC(=O)NCC(=O)O)[C@H](OCc3ccccc3)[C@@H](OCc3ccccc3)[C@@H]2OCc2ccccc2)cc1. The molecule has 0 saturated carbocycles. The zero-order valence-electron chi connectivity index (χ0n) is 27.3. The van der Waals surface area contributed by atoms with Crippen LogP contribution in [0.2, 0.25) is 0 Å². The molecule has 4 aromatic carbocycles. The van der Waals surface area contributed by atoms with Crippen LogP contribution >= 0.6 is 0 Å². The lowest BCUT2D eigenvalue weighted by Gasteiger charge is -2.46. The van der Waals surface area contributed by atoms with Crippen molar-refractivity contribution < 1.29 is 43.1 Å². The van der Waals surface area contributed by atoms with Crippen LogP contribution in [0.15, 0.2) is 115 Å². The molecular formula is C38H42N2O9. The van der Waals surface area contributed by atoms with Crippen molar-refractivity contribution in [3.05, 3.63) is 138 Å². The molecule has 11 heteroatoms. The molecule has 0 aliphatic carbocycles. The molecule has 4 aromatic rings. The zero-order chi connectivity index (χ0) is 34.3. The molecule has 0 bridgehead atoms. The Morgan fingerprint density at radius 1 is 0.653 bits per heavy atom. The van der Waals surface area contributed by atoms with Gasteiger partial charge >= 0.3 is 12.0 Å². The van der Waals surface area contributed by atoms with Crippen LogP contribution in [0.3, 0.4) is 0 Å². The molecule has 1 heterocycles. The summed E-state index contributed by atoms with van der Waals surface area (Å²) in [6.07, 6.45) is -4.08. The van der Waals surface area contributed by atoms with Crippen molar-refractivity contribution in [3.63, 3.8) is 0 Å². The fourth-order valence-corrected chi connectivity index (χ4v) is 5.39. The second-order valence-electron chi connectivity index (χ2n) is 11.5. The quantitative estimate of drug-likeness (QED) is 0.141. The summed E-state index contributed by atoms with van der Waals surface area (Å²) >= 11 is 0. The minimum absolute atomic E-state index is 0.0943. The maximum absolute atomic E-state index is 12.9. The normalized spacial score (nSPS) is 20.3. The summed E-state index contributed by atoms with van der Waals surface area (Å²) in [4.78, 5) is 24.1. The van der Waals surface area contributed by atoms with E-state index in [0.717, 1.165) is 28.0 Å². The largest absolute Gasteiger partial charge is 0.497 e. The first-order valence-corrected chi connectivity index (χ1v) is 16.1. The second-order valence-corrected chi connectivity index (χ2v) is 11.5. The minimum atomic E-state index is -1.18. The number of amides is 2. The topological polar surface area (TPSA) is 134 Å². The van der Waals surface area contributed by atoms with Gasteiger partial charge in [0.15, 0.2) is 6.23 Å². The number of hydrogen-bond donors (Lipinski definition) is 3. The Balaban J connectivity index is 1.44. The molecule has 0 radical (unpaired) electrons. The fourth-order valence-electron chi connectivity index (χ4n) is 5.39. The number of hydrogen-bond acceptors (Lipinski definition) is 8. The third kappa shape index (κ3) is 11.1. The lowest BCUT2D eigenvalue weighted by Crippen LogP contribution is -2.66. The summed E-state index contributed by atoms with van der Waals surface area (Å²) in [5.74, 6) is -0.441. The smallest absolute Gasteiger partial charge is 0.323 e. The molecule has 3 N–H and O–H groups in total. The molecule has 0 aromatic heterocycles.